The molecule has 1 aromatic carbocycles. The summed E-state index contributed by atoms with van der Waals surface area (Å²) in [4.78, 5) is 23.3. The molecule has 0 radical (unpaired) electrons. The van der Waals surface area contributed by atoms with Crippen LogP contribution in [0.2, 0.25) is 5.02 Å². The molecule has 102 valence electrons. The second-order valence-electron chi connectivity index (χ2n) is 4.88. The average molecular weight is 282 g/mol. The van der Waals surface area contributed by atoms with Crippen LogP contribution in [0.15, 0.2) is 18.2 Å². The van der Waals surface area contributed by atoms with E-state index in [-0.39, 0.29) is 5.91 Å². The maximum atomic E-state index is 12.2. The standard InChI is InChI=1S/C14H16ClNO3/c1-8-11(15)6-3-7-12(8)16-13(17)9-4-2-5-10(9)14(18)19/h3,6-7,9-10H,2,4-5H2,1H3,(H,16,17)(H,18,19). The van der Waals surface area contributed by atoms with Gasteiger partial charge in [0.1, 0.15) is 0 Å². The van der Waals surface area contributed by atoms with Crippen molar-refractivity contribution in [3.05, 3.63) is 28.8 Å². The minimum atomic E-state index is -0.888. The van der Waals surface area contributed by atoms with Crippen LogP contribution in [0.5, 0.6) is 0 Å². The summed E-state index contributed by atoms with van der Waals surface area (Å²) >= 11 is 5.99. The van der Waals surface area contributed by atoms with Crippen LogP contribution in [0, 0.1) is 18.8 Å². The molecule has 0 aliphatic heterocycles. The number of halogens is 1. The summed E-state index contributed by atoms with van der Waals surface area (Å²) in [6, 6.07) is 5.28. The zero-order valence-corrected chi connectivity index (χ0v) is 11.4. The number of carbonyl (C=O) groups excluding carboxylic acids is 1. The molecule has 1 aromatic rings. The molecule has 0 spiro atoms. The highest BCUT2D eigenvalue weighted by molar-refractivity contribution is 6.31. The smallest absolute Gasteiger partial charge is 0.307 e. The topological polar surface area (TPSA) is 66.4 Å². The van der Waals surface area contributed by atoms with Gasteiger partial charge in [-0.15, -0.1) is 0 Å². The van der Waals surface area contributed by atoms with Crippen molar-refractivity contribution in [1.82, 2.24) is 0 Å². The number of rotatable bonds is 3. The number of amides is 1. The van der Waals surface area contributed by atoms with E-state index in [1.165, 1.54) is 0 Å². The lowest BCUT2D eigenvalue weighted by molar-refractivity contribution is -0.145. The Labute approximate surface area is 116 Å². The predicted molar refractivity (Wildman–Crippen MR) is 73.3 cm³/mol. The van der Waals surface area contributed by atoms with E-state index in [1.54, 1.807) is 18.2 Å². The molecule has 2 rings (SSSR count). The van der Waals surface area contributed by atoms with Gasteiger partial charge in [-0.3, -0.25) is 9.59 Å². The van der Waals surface area contributed by atoms with Gasteiger partial charge < -0.3 is 10.4 Å². The maximum Gasteiger partial charge on any atom is 0.307 e. The van der Waals surface area contributed by atoms with Crippen molar-refractivity contribution in [2.75, 3.05) is 5.32 Å². The quantitative estimate of drug-likeness (QED) is 0.895. The number of carbonyl (C=O) groups is 2. The van der Waals surface area contributed by atoms with Gasteiger partial charge in [-0.25, -0.2) is 0 Å². The molecule has 5 heteroatoms. The van der Waals surface area contributed by atoms with E-state index in [0.717, 1.165) is 12.0 Å². The summed E-state index contributed by atoms with van der Waals surface area (Å²) in [5.74, 6) is -2.13. The fourth-order valence-electron chi connectivity index (χ4n) is 2.54. The van der Waals surface area contributed by atoms with Crippen LogP contribution >= 0.6 is 11.6 Å². The normalized spacial score (nSPS) is 22.2. The largest absolute Gasteiger partial charge is 0.481 e. The first-order chi connectivity index (χ1) is 9.00. The molecule has 0 aromatic heterocycles. The number of nitrogens with one attached hydrogen (secondary N) is 1. The van der Waals surface area contributed by atoms with Crippen LogP contribution in [0.3, 0.4) is 0 Å². The number of hydrogen-bond donors (Lipinski definition) is 2. The molecule has 2 atom stereocenters. The molecule has 2 unspecified atom stereocenters. The Morgan fingerprint density at radius 2 is 2.00 bits per heavy atom. The number of aliphatic carboxylic acids is 1. The third kappa shape index (κ3) is 2.89. The monoisotopic (exact) mass is 281 g/mol. The fraction of sp³-hybridized carbons (Fsp3) is 0.429. The van der Waals surface area contributed by atoms with E-state index < -0.39 is 17.8 Å². The van der Waals surface area contributed by atoms with Crippen LogP contribution in [0.25, 0.3) is 0 Å². The fourth-order valence-corrected chi connectivity index (χ4v) is 2.71. The molecule has 1 fully saturated rings. The van der Waals surface area contributed by atoms with E-state index >= 15 is 0 Å². The van der Waals surface area contributed by atoms with E-state index in [1.807, 2.05) is 6.92 Å². The lowest BCUT2D eigenvalue weighted by Gasteiger charge is -2.17. The maximum absolute atomic E-state index is 12.2. The molecular weight excluding hydrogens is 266 g/mol. The highest BCUT2D eigenvalue weighted by atomic mass is 35.5. The Morgan fingerprint density at radius 1 is 1.32 bits per heavy atom. The van der Waals surface area contributed by atoms with Gasteiger partial charge in [0.25, 0.3) is 0 Å². The Hall–Kier alpha value is -1.55. The van der Waals surface area contributed by atoms with Gasteiger partial charge in [-0.1, -0.05) is 24.1 Å². The zero-order valence-electron chi connectivity index (χ0n) is 10.6. The van der Waals surface area contributed by atoms with Crippen LogP contribution in [-0.2, 0) is 9.59 Å². The van der Waals surface area contributed by atoms with Crippen molar-refractivity contribution in [1.29, 1.82) is 0 Å². The zero-order chi connectivity index (χ0) is 14.0. The van der Waals surface area contributed by atoms with Gasteiger partial charge >= 0.3 is 5.97 Å². The highest BCUT2D eigenvalue weighted by Gasteiger charge is 2.37. The average Bonchev–Trinajstić information content (AvgIpc) is 2.84. The highest BCUT2D eigenvalue weighted by Crippen LogP contribution is 2.33. The lowest BCUT2D eigenvalue weighted by atomic mass is 9.95. The first kappa shape index (κ1) is 13.9. The molecule has 4 nitrogen and oxygen atoms in total. The summed E-state index contributed by atoms with van der Waals surface area (Å²) in [6.07, 6.45) is 1.98. The van der Waals surface area contributed by atoms with Crippen molar-refractivity contribution < 1.29 is 14.7 Å². The van der Waals surface area contributed by atoms with Crippen LogP contribution < -0.4 is 5.32 Å². The first-order valence-electron chi connectivity index (χ1n) is 6.29. The van der Waals surface area contributed by atoms with Gasteiger partial charge in [-0.05, 0) is 37.5 Å². The summed E-state index contributed by atoms with van der Waals surface area (Å²) in [7, 11) is 0. The summed E-state index contributed by atoms with van der Waals surface area (Å²) in [5.41, 5.74) is 1.44. The molecule has 1 aliphatic carbocycles. The van der Waals surface area contributed by atoms with E-state index in [9.17, 15) is 9.59 Å². The number of anilines is 1. The minimum absolute atomic E-state index is 0.227. The molecule has 1 amide bonds. The molecule has 2 N–H and O–H groups in total. The van der Waals surface area contributed by atoms with Crippen molar-refractivity contribution in [2.24, 2.45) is 11.8 Å². The lowest BCUT2D eigenvalue weighted by Crippen LogP contribution is -2.30. The second-order valence-corrected chi connectivity index (χ2v) is 5.29. The number of carboxylic acids is 1. The molecular formula is C14H16ClNO3. The Balaban J connectivity index is 2.13. The third-order valence-electron chi connectivity index (χ3n) is 3.70. The predicted octanol–water partition coefficient (Wildman–Crippen LogP) is 3.09. The summed E-state index contributed by atoms with van der Waals surface area (Å²) in [5, 5.41) is 12.5. The van der Waals surface area contributed by atoms with Gasteiger partial charge in [-0.2, -0.15) is 0 Å². The molecule has 1 aliphatic rings. The van der Waals surface area contributed by atoms with Gasteiger partial charge in [0.05, 0.1) is 11.8 Å². The molecule has 19 heavy (non-hydrogen) atoms. The van der Waals surface area contributed by atoms with Crippen molar-refractivity contribution in [3.8, 4) is 0 Å². The summed E-state index contributed by atoms with van der Waals surface area (Å²) < 4.78 is 0. The van der Waals surface area contributed by atoms with Crippen molar-refractivity contribution in [3.63, 3.8) is 0 Å². The molecule has 1 saturated carbocycles. The first-order valence-corrected chi connectivity index (χ1v) is 6.67. The van der Waals surface area contributed by atoms with Gasteiger partial charge in [0.2, 0.25) is 5.91 Å². The van der Waals surface area contributed by atoms with Crippen LogP contribution in [0.1, 0.15) is 24.8 Å². The van der Waals surface area contributed by atoms with Gasteiger partial charge in [0.15, 0.2) is 0 Å². The number of carboxylic acid groups (broad SMARTS) is 1. The molecule has 0 saturated heterocycles. The number of benzene rings is 1. The third-order valence-corrected chi connectivity index (χ3v) is 4.10. The summed E-state index contributed by atoms with van der Waals surface area (Å²) in [6.45, 7) is 1.82. The molecule has 0 bridgehead atoms. The van der Waals surface area contributed by atoms with E-state index in [2.05, 4.69) is 5.32 Å². The van der Waals surface area contributed by atoms with Crippen molar-refractivity contribution in [2.45, 2.75) is 26.2 Å². The van der Waals surface area contributed by atoms with Gasteiger partial charge in [0, 0.05) is 10.7 Å². The van der Waals surface area contributed by atoms with E-state index in [0.29, 0.717) is 23.6 Å². The Kier molecular flexibility index (Phi) is 4.10. The van der Waals surface area contributed by atoms with Crippen molar-refractivity contribution >= 4 is 29.2 Å². The number of hydrogen-bond acceptors (Lipinski definition) is 2. The Morgan fingerprint density at radius 3 is 2.68 bits per heavy atom. The molecule has 0 heterocycles. The minimum Gasteiger partial charge on any atom is -0.481 e. The Bertz CT molecular complexity index is 515. The second kappa shape index (κ2) is 5.61. The SMILES string of the molecule is Cc1c(Cl)cccc1NC(=O)C1CCCC1C(=O)O. The van der Waals surface area contributed by atoms with Crippen LogP contribution in [0.4, 0.5) is 5.69 Å². The van der Waals surface area contributed by atoms with Crippen LogP contribution in [-0.4, -0.2) is 17.0 Å². The van der Waals surface area contributed by atoms with E-state index in [4.69, 9.17) is 16.7 Å².